The summed E-state index contributed by atoms with van der Waals surface area (Å²) in [5.74, 6) is 2.76. The van der Waals surface area contributed by atoms with Gasteiger partial charge in [-0.25, -0.2) is 0 Å². The van der Waals surface area contributed by atoms with E-state index in [-0.39, 0.29) is 12.5 Å². The van der Waals surface area contributed by atoms with Crippen LogP contribution in [0.3, 0.4) is 0 Å². The Balaban J connectivity index is 1.59. The van der Waals surface area contributed by atoms with Crippen molar-refractivity contribution in [1.82, 2.24) is 14.8 Å². The van der Waals surface area contributed by atoms with Crippen molar-refractivity contribution in [1.29, 1.82) is 0 Å². The fourth-order valence-electron chi connectivity index (χ4n) is 2.78. The van der Waals surface area contributed by atoms with Crippen molar-refractivity contribution >= 4 is 17.4 Å². The molecule has 8 nitrogen and oxygen atoms in total. The molecular weight excluding hydrogens is 332 g/mol. The molecule has 0 amide bonds. The summed E-state index contributed by atoms with van der Waals surface area (Å²) in [6.07, 6.45) is 2.34. The van der Waals surface area contributed by atoms with Crippen LogP contribution in [0.1, 0.15) is 35.7 Å². The number of nitro groups is 1. The Morgan fingerprint density at radius 1 is 1.42 bits per heavy atom. The number of ether oxygens (including phenoxy) is 2. The van der Waals surface area contributed by atoms with Crippen molar-refractivity contribution in [3.05, 3.63) is 39.2 Å². The van der Waals surface area contributed by atoms with Crippen LogP contribution in [0.15, 0.2) is 17.3 Å². The van der Waals surface area contributed by atoms with Gasteiger partial charge in [-0.15, -0.1) is 10.2 Å². The highest BCUT2D eigenvalue weighted by atomic mass is 32.2. The zero-order valence-electron chi connectivity index (χ0n) is 13.1. The maximum atomic E-state index is 11.1. The number of fused-ring (bicyclic) bond motifs is 1. The van der Waals surface area contributed by atoms with Gasteiger partial charge < -0.3 is 14.0 Å². The highest BCUT2D eigenvalue weighted by Gasteiger charge is 2.29. The van der Waals surface area contributed by atoms with E-state index in [2.05, 4.69) is 10.2 Å². The highest BCUT2D eigenvalue weighted by molar-refractivity contribution is 7.98. The maximum Gasteiger partial charge on any atom is 0.270 e. The zero-order valence-corrected chi connectivity index (χ0v) is 13.9. The van der Waals surface area contributed by atoms with Gasteiger partial charge in [-0.1, -0.05) is 11.8 Å². The maximum absolute atomic E-state index is 11.1. The van der Waals surface area contributed by atoms with Crippen molar-refractivity contribution in [2.45, 2.75) is 36.3 Å². The fourth-order valence-corrected chi connectivity index (χ4v) is 3.67. The predicted molar refractivity (Wildman–Crippen MR) is 85.9 cm³/mol. The molecule has 0 bridgehead atoms. The SMILES string of the molecule is Cn1c(SCc2cc([N+](=O)[O-])cc3c2OCOC3)nnc1C1CC1. The number of nitrogens with zero attached hydrogens (tertiary/aromatic N) is 4. The smallest absolute Gasteiger partial charge is 0.270 e. The highest BCUT2D eigenvalue weighted by Crippen LogP contribution is 2.40. The molecule has 9 heteroatoms. The first-order valence-corrected chi connectivity index (χ1v) is 8.65. The van der Waals surface area contributed by atoms with Crippen LogP contribution in [0.4, 0.5) is 5.69 Å². The molecule has 0 atom stereocenters. The second-order valence-corrected chi connectivity index (χ2v) is 6.87. The number of hydrogen-bond donors (Lipinski definition) is 0. The lowest BCUT2D eigenvalue weighted by molar-refractivity contribution is -0.385. The van der Waals surface area contributed by atoms with Gasteiger partial charge in [0.25, 0.3) is 5.69 Å². The first-order chi connectivity index (χ1) is 11.6. The number of rotatable bonds is 5. The van der Waals surface area contributed by atoms with Gasteiger partial charge in [0.1, 0.15) is 11.6 Å². The van der Waals surface area contributed by atoms with Crippen LogP contribution in [-0.4, -0.2) is 26.5 Å². The summed E-state index contributed by atoms with van der Waals surface area (Å²) >= 11 is 1.51. The lowest BCUT2D eigenvalue weighted by Crippen LogP contribution is -2.13. The number of benzene rings is 1. The lowest BCUT2D eigenvalue weighted by atomic mass is 10.1. The largest absolute Gasteiger partial charge is 0.467 e. The van der Waals surface area contributed by atoms with Gasteiger partial charge in [0.2, 0.25) is 0 Å². The Labute approximate surface area is 142 Å². The molecule has 1 aromatic heterocycles. The molecule has 0 N–H and O–H groups in total. The van der Waals surface area contributed by atoms with Crippen molar-refractivity contribution in [2.75, 3.05) is 6.79 Å². The number of nitro benzene ring substituents is 1. The Kier molecular flexibility index (Phi) is 3.89. The predicted octanol–water partition coefficient (Wildman–Crippen LogP) is 2.76. The van der Waals surface area contributed by atoms with E-state index in [1.807, 2.05) is 11.6 Å². The van der Waals surface area contributed by atoms with Crippen LogP contribution in [-0.2, 0) is 24.1 Å². The molecule has 0 unspecified atom stereocenters. The van der Waals surface area contributed by atoms with Crippen molar-refractivity contribution in [3.8, 4) is 5.75 Å². The summed E-state index contributed by atoms with van der Waals surface area (Å²) in [7, 11) is 1.96. The van der Waals surface area contributed by atoms with Crippen molar-refractivity contribution in [3.63, 3.8) is 0 Å². The molecule has 1 aliphatic carbocycles. The lowest BCUT2D eigenvalue weighted by Gasteiger charge is -2.20. The van der Waals surface area contributed by atoms with Gasteiger partial charge in [0.15, 0.2) is 11.9 Å². The number of aromatic nitrogens is 3. The van der Waals surface area contributed by atoms with E-state index < -0.39 is 4.92 Å². The van der Waals surface area contributed by atoms with E-state index in [1.54, 1.807) is 6.07 Å². The average Bonchev–Trinajstić information content (AvgIpc) is 3.36. The van der Waals surface area contributed by atoms with Gasteiger partial charge in [0.05, 0.1) is 11.5 Å². The Hall–Kier alpha value is -2.13. The van der Waals surface area contributed by atoms with E-state index in [9.17, 15) is 10.1 Å². The Morgan fingerprint density at radius 3 is 3.00 bits per heavy atom. The topological polar surface area (TPSA) is 92.3 Å². The summed E-state index contributed by atoms with van der Waals surface area (Å²) < 4.78 is 12.8. The molecular formula is C15H16N4O4S. The van der Waals surface area contributed by atoms with Gasteiger partial charge in [-0.2, -0.15) is 0 Å². The summed E-state index contributed by atoms with van der Waals surface area (Å²) in [5.41, 5.74) is 1.54. The molecule has 0 saturated heterocycles. The van der Waals surface area contributed by atoms with Gasteiger partial charge in [-0.3, -0.25) is 10.1 Å². The molecule has 1 aromatic carbocycles. The average molecular weight is 348 g/mol. The van der Waals surface area contributed by atoms with Crippen LogP contribution < -0.4 is 4.74 Å². The van der Waals surface area contributed by atoms with E-state index in [0.717, 1.165) is 16.5 Å². The molecule has 1 aliphatic heterocycles. The van der Waals surface area contributed by atoms with Crippen LogP contribution >= 0.6 is 11.8 Å². The number of non-ortho nitro benzene ring substituents is 1. The first kappa shape index (κ1) is 15.4. The quantitative estimate of drug-likeness (QED) is 0.466. The minimum absolute atomic E-state index is 0.0510. The molecule has 0 radical (unpaired) electrons. The van der Waals surface area contributed by atoms with Crippen molar-refractivity contribution in [2.24, 2.45) is 7.05 Å². The molecule has 1 fully saturated rings. The third-order valence-electron chi connectivity index (χ3n) is 4.15. The molecule has 2 aromatic rings. The molecule has 4 rings (SSSR count). The second-order valence-electron chi connectivity index (χ2n) is 5.92. The van der Waals surface area contributed by atoms with E-state index in [0.29, 0.717) is 29.6 Å². The fraction of sp³-hybridized carbons (Fsp3) is 0.467. The first-order valence-electron chi connectivity index (χ1n) is 7.66. The summed E-state index contributed by atoms with van der Waals surface area (Å²) in [6.45, 7) is 0.489. The zero-order chi connectivity index (χ0) is 16.7. The molecule has 2 heterocycles. The number of hydrogen-bond acceptors (Lipinski definition) is 7. The third-order valence-corrected chi connectivity index (χ3v) is 5.22. The normalized spacial score (nSPS) is 16.5. The van der Waals surface area contributed by atoms with Gasteiger partial charge >= 0.3 is 0 Å². The minimum Gasteiger partial charge on any atom is -0.467 e. The van der Waals surface area contributed by atoms with Crippen molar-refractivity contribution < 1.29 is 14.4 Å². The summed E-state index contributed by atoms with van der Waals surface area (Å²) in [6, 6.07) is 3.07. The van der Waals surface area contributed by atoms with Crippen LogP contribution in [0.5, 0.6) is 5.75 Å². The van der Waals surface area contributed by atoms with Crippen LogP contribution in [0.2, 0.25) is 0 Å². The molecule has 1 saturated carbocycles. The van der Waals surface area contributed by atoms with E-state index in [1.165, 1.54) is 30.7 Å². The van der Waals surface area contributed by atoms with Crippen LogP contribution in [0, 0.1) is 10.1 Å². The third kappa shape index (κ3) is 2.84. The van der Waals surface area contributed by atoms with E-state index >= 15 is 0 Å². The Morgan fingerprint density at radius 2 is 2.25 bits per heavy atom. The molecule has 2 aliphatic rings. The summed E-state index contributed by atoms with van der Waals surface area (Å²) in [4.78, 5) is 10.8. The molecule has 0 spiro atoms. The van der Waals surface area contributed by atoms with Gasteiger partial charge in [-0.05, 0) is 12.8 Å². The van der Waals surface area contributed by atoms with Crippen LogP contribution in [0.25, 0.3) is 0 Å². The molecule has 126 valence electrons. The van der Waals surface area contributed by atoms with E-state index in [4.69, 9.17) is 9.47 Å². The Bertz CT molecular complexity index is 803. The monoisotopic (exact) mass is 348 g/mol. The number of thioether (sulfide) groups is 1. The standard InChI is InChI=1S/C15H16N4O4S/c1-18-14(9-2-3-9)16-17-15(18)24-7-11-5-12(19(20)21)4-10-6-22-8-23-13(10)11/h4-5,9H,2-3,6-8H2,1H3. The molecule has 24 heavy (non-hydrogen) atoms. The van der Waals surface area contributed by atoms with Gasteiger partial charge in [0, 0.05) is 42.0 Å². The second kappa shape index (κ2) is 6.06. The minimum atomic E-state index is -0.392. The summed E-state index contributed by atoms with van der Waals surface area (Å²) in [5, 5.41) is 20.4.